The van der Waals surface area contributed by atoms with E-state index >= 15 is 0 Å². The van der Waals surface area contributed by atoms with Crippen LogP contribution < -0.4 is 0 Å². The van der Waals surface area contributed by atoms with E-state index < -0.39 is 24.6 Å². The van der Waals surface area contributed by atoms with Crippen molar-refractivity contribution >= 4 is 43.5 Å². The van der Waals surface area contributed by atoms with Crippen molar-refractivity contribution in [2.24, 2.45) is 0 Å². The first-order valence-electron chi connectivity index (χ1n) is 1.53. The van der Waals surface area contributed by atoms with Gasteiger partial charge in [0, 0.05) is 18.9 Å². The molecule has 0 aliphatic heterocycles. The van der Waals surface area contributed by atoms with Gasteiger partial charge in [0.15, 0.2) is 0 Å². The van der Waals surface area contributed by atoms with Crippen molar-refractivity contribution in [1.29, 1.82) is 0 Å². The predicted molar refractivity (Wildman–Crippen MR) is 37.4 cm³/mol. The minimum atomic E-state index is -4.63. The van der Waals surface area contributed by atoms with Gasteiger partial charge < -0.3 is 19.6 Å². The van der Waals surface area contributed by atoms with Crippen molar-refractivity contribution in [1.82, 2.24) is 0 Å². The second-order valence-electron chi connectivity index (χ2n) is 1.06. The van der Waals surface area contributed by atoms with Crippen LogP contribution in [-0.4, -0.2) is 38.4 Å². The Kier molecular flexibility index (Phi) is 5.96. The average Bonchev–Trinajstić information content (AvgIpc) is 1.14. The maximum absolute atomic E-state index is 9.81. The van der Waals surface area contributed by atoms with Crippen molar-refractivity contribution in [2.75, 3.05) is 0 Å². The van der Waals surface area contributed by atoms with Gasteiger partial charge in [0.1, 0.15) is 0 Å². The number of hydrogen-bond donors (Lipinski definition) is 4. The Morgan fingerprint density at radius 2 is 1.10 bits per heavy atom. The third-order valence-corrected chi connectivity index (χ3v) is 5.74. The van der Waals surface area contributed by atoms with E-state index in [1.165, 1.54) is 0 Å². The molecule has 0 saturated heterocycles. The second kappa shape index (κ2) is 4.32. The molecular weight excluding hydrogens is 197 g/mol. The Morgan fingerprint density at radius 3 is 1.10 bits per heavy atom. The van der Waals surface area contributed by atoms with E-state index in [4.69, 9.17) is 19.6 Å². The summed E-state index contributed by atoms with van der Waals surface area (Å²) in [6.45, 7) is -9.27. The van der Waals surface area contributed by atoms with Gasteiger partial charge in [-0.15, -0.1) is 0 Å². The summed E-state index contributed by atoms with van der Waals surface area (Å²) >= 11 is -0.653. The third kappa shape index (κ3) is 12.0. The molecule has 0 aliphatic carbocycles. The fourth-order valence-corrected chi connectivity index (χ4v) is 3.74. The van der Waals surface area contributed by atoms with Gasteiger partial charge in [0.2, 0.25) is 0 Å². The van der Waals surface area contributed by atoms with E-state index in [0.29, 0.717) is 0 Å². The molecule has 6 nitrogen and oxygen atoms in total. The van der Waals surface area contributed by atoms with Crippen molar-refractivity contribution in [3.05, 3.63) is 0 Å². The van der Waals surface area contributed by atoms with E-state index in [0.717, 1.165) is 0 Å². The van der Waals surface area contributed by atoms with Crippen LogP contribution in [0.15, 0.2) is 0 Å². The minimum absolute atomic E-state index is 0. The van der Waals surface area contributed by atoms with Gasteiger partial charge in [0.25, 0.3) is 0 Å². The van der Waals surface area contributed by atoms with Crippen LogP contribution in [0, 0.1) is 0 Å². The Morgan fingerprint density at radius 1 is 0.900 bits per heavy atom. The first-order valence-corrected chi connectivity index (χ1v) is 6.78. The Bertz CT molecular complexity index is 156. The van der Waals surface area contributed by atoms with Crippen LogP contribution in [0.3, 0.4) is 0 Å². The standard InChI is InChI=1S/Li.H4O6P2S/c;1-7(2,3)9-8(4,5)6/h;(H2,1,2,3)(H2,4,5,6). The van der Waals surface area contributed by atoms with Crippen molar-refractivity contribution in [2.45, 2.75) is 0 Å². The molecule has 0 aromatic carbocycles. The quantitative estimate of drug-likeness (QED) is 0.352. The van der Waals surface area contributed by atoms with E-state index in [9.17, 15) is 9.13 Å². The molecule has 57 valence electrons. The molecule has 10 heavy (non-hydrogen) atoms. The molecule has 0 atom stereocenters. The van der Waals surface area contributed by atoms with Crippen LogP contribution in [0.4, 0.5) is 0 Å². The van der Waals surface area contributed by atoms with E-state index in [2.05, 4.69) is 0 Å². The van der Waals surface area contributed by atoms with Gasteiger partial charge >= 0.3 is 13.6 Å². The molecule has 0 amide bonds. The summed E-state index contributed by atoms with van der Waals surface area (Å²) in [7, 11) is 0. The molecule has 0 aliphatic rings. The topological polar surface area (TPSA) is 115 Å². The molecule has 0 aromatic rings. The molecule has 0 unspecified atom stereocenters. The molecule has 10 heteroatoms. The monoisotopic (exact) mass is 201 g/mol. The molecule has 4 N–H and O–H groups in total. The molecule has 1 radical (unpaired) electrons. The van der Waals surface area contributed by atoms with Crippen molar-refractivity contribution in [3.63, 3.8) is 0 Å². The summed E-state index contributed by atoms with van der Waals surface area (Å²) in [5.41, 5.74) is 0. The minimum Gasteiger partial charge on any atom is -0.316 e. The molecular formula is H4LiO6P2S. The average molecular weight is 201 g/mol. The number of hydrogen-bond acceptors (Lipinski definition) is 3. The zero-order valence-corrected chi connectivity index (χ0v) is 7.51. The number of rotatable bonds is 2. The second-order valence-corrected chi connectivity index (χ2v) is 8.00. The van der Waals surface area contributed by atoms with Crippen LogP contribution in [0.2, 0.25) is 0 Å². The summed E-state index contributed by atoms with van der Waals surface area (Å²) in [5.74, 6) is 0. The predicted octanol–water partition coefficient (Wildman–Crippen LogP) is -0.476. The van der Waals surface area contributed by atoms with Gasteiger partial charge in [-0.1, -0.05) is 0 Å². The van der Waals surface area contributed by atoms with Gasteiger partial charge in [-0.25, -0.2) is 9.13 Å². The first kappa shape index (κ1) is 13.8. The van der Waals surface area contributed by atoms with Crippen LogP contribution >= 0.6 is 24.6 Å². The smallest absolute Gasteiger partial charge is 0.316 e. The van der Waals surface area contributed by atoms with Crippen LogP contribution in [-0.2, 0) is 9.13 Å². The van der Waals surface area contributed by atoms with Crippen LogP contribution in [0.25, 0.3) is 0 Å². The maximum atomic E-state index is 9.81. The van der Waals surface area contributed by atoms with Gasteiger partial charge in [-0.3, -0.25) is 0 Å². The molecule has 0 rings (SSSR count). The molecule has 0 bridgehead atoms. The SMILES string of the molecule is O=P(O)(O)SP(=O)(O)O.[Li]. The van der Waals surface area contributed by atoms with Crippen molar-refractivity contribution in [3.8, 4) is 0 Å². The first-order chi connectivity index (χ1) is 3.71. The molecule has 0 aromatic heterocycles. The Hall–Kier alpha value is 1.25. The molecule has 0 fully saturated rings. The fraction of sp³-hybridized carbons (Fsp3) is 0. The summed E-state index contributed by atoms with van der Waals surface area (Å²) in [5, 5.41) is 0. The van der Waals surface area contributed by atoms with Crippen LogP contribution in [0.1, 0.15) is 0 Å². The Balaban J connectivity index is 0. The summed E-state index contributed by atoms with van der Waals surface area (Å²) in [6, 6.07) is 0. The summed E-state index contributed by atoms with van der Waals surface area (Å²) < 4.78 is 19.6. The Labute approximate surface area is 72.4 Å². The fourth-order valence-electron chi connectivity index (χ4n) is 0.139. The maximum Gasteiger partial charge on any atom is 0.395 e. The van der Waals surface area contributed by atoms with Gasteiger partial charge in [-0.05, 0) is 0 Å². The van der Waals surface area contributed by atoms with Gasteiger partial charge in [-0.2, -0.15) is 0 Å². The third-order valence-electron chi connectivity index (χ3n) is 0.213. The van der Waals surface area contributed by atoms with E-state index in [1.54, 1.807) is 0 Å². The zero-order valence-electron chi connectivity index (χ0n) is 4.91. The van der Waals surface area contributed by atoms with E-state index in [1.807, 2.05) is 0 Å². The molecule has 0 heterocycles. The van der Waals surface area contributed by atoms with E-state index in [-0.39, 0.29) is 18.9 Å². The van der Waals surface area contributed by atoms with Crippen molar-refractivity contribution < 1.29 is 28.7 Å². The zero-order chi connectivity index (χ0) is 7.71. The van der Waals surface area contributed by atoms with Crippen LogP contribution in [0.5, 0.6) is 0 Å². The molecule has 0 saturated carbocycles. The summed E-state index contributed by atoms with van der Waals surface area (Å²) in [6.07, 6.45) is 0. The summed E-state index contributed by atoms with van der Waals surface area (Å²) in [4.78, 5) is 31.7. The molecule has 0 spiro atoms. The largest absolute Gasteiger partial charge is 0.395 e. The normalized spacial score (nSPS) is 12.4. The van der Waals surface area contributed by atoms with Gasteiger partial charge in [0.05, 0.1) is 11.0 Å².